The molecule has 0 radical (unpaired) electrons. The van der Waals surface area contributed by atoms with Gasteiger partial charge in [0.05, 0.1) is 28.5 Å². The van der Waals surface area contributed by atoms with Gasteiger partial charge in [0, 0.05) is 0 Å². The van der Waals surface area contributed by atoms with Crippen molar-refractivity contribution in [3.05, 3.63) is 69.2 Å². The maximum atomic E-state index is 12.3. The number of hydrogen-bond donors (Lipinski definition) is 1. The molecule has 4 nitrogen and oxygen atoms in total. The average molecular weight is 325 g/mol. The van der Waals surface area contributed by atoms with Gasteiger partial charge in [0.1, 0.15) is 0 Å². The molecule has 0 aliphatic heterocycles. The summed E-state index contributed by atoms with van der Waals surface area (Å²) in [7, 11) is 0. The van der Waals surface area contributed by atoms with Gasteiger partial charge in [-0.25, -0.2) is 0 Å². The van der Waals surface area contributed by atoms with E-state index in [9.17, 15) is 4.79 Å². The van der Waals surface area contributed by atoms with E-state index in [1.807, 2.05) is 48.2 Å². The van der Waals surface area contributed by atoms with Crippen molar-refractivity contribution in [3.63, 3.8) is 0 Å². The minimum Gasteiger partial charge on any atom is -0.318 e. The Morgan fingerprint density at radius 3 is 2.65 bits per heavy atom. The molecule has 0 spiro atoms. The van der Waals surface area contributed by atoms with Crippen LogP contribution in [0.15, 0.2) is 41.8 Å². The number of aromatic nitrogens is 2. The molecular weight excluding hydrogens is 306 g/mol. The van der Waals surface area contributed by atoms with E-state index in [0.717, 1.165) is 17.1 Å². The zero-order chi connectivity index (χ0) is 16.4. The van der Waals surface area contributed by atoms with Crippen LogP contribution in [-0.4, -0.2) is 15.7 Å². The van der Waals surface area contributed by atoms with Gasteiger partial charge >= 0.3 is 0 Å². The Kier molecular flexibility index (Phi) is 4.30. The van der Waals surface area contributed by atoms with Crippen molar-refractivity contribution in [3.8, 4) is 0 Å². The Bertz CT molecular complexity index is 834. The van der Waals surface area contributed by atoms with Crippen molar-refractivity contribution in [1.82, 2.24) is 9.78 Å². The summed E-state index contributed by atoms with van der Waals surface area (Å²) in [5, 5.41) is 9.48. The van der Waals surface area contributed by atoms with Crippen LogP contribution in [0.25, 0.3) is 0 Å². The number of thiophene rings is 1. The van der Waals surface area contributed by atoms with Crippen molar-refractivity contribution < 1.29 is 4.79 Å². The van der Waals surface area contributed by atoms with E-state index >= 15 is 0 Å². The number of anilines is 1. The second-order valence-electron chi connectivity index (χ2n) is 5.56. The number of benzene rings is 1. The average Bonchev–Trinajstić information content (AvgIpc) is 3.14. The molecule has 2 aromatic heterocycles. The lowest BCUT2D eigenvalue weighted by atomic mass is 10.1. The lowest BCUT2D eigenvalue weighted by Gasteiger charge is -2.08. The van der Waals surface area contributed by atoms with Crippen LogP contribution in [0.5, 0.6) is 0 Å². The number of nitrogens with one attached hydrogen (secondary N) is 1. The fourth-order valence-electron chi connectivity index (χ4n) is 2.56. The Morgan fingerprint density at radius 2 is 1.96 bits per heavy atom. The standard InChI is InChI=1S/C18H19N3OS/c1-12-7-4-5-8-15(12)11-21-14(3)17(13(2)20-21)19-18(22)16-9-6-10-23-16/h4-10H,11H2,1-3H3,(H,19,22). The molecule has 0 aliphatic carbocycles. The van der Waals surface area contributed by atoms with Gasteiger partial charge in [-0.2, -0.15) is 5.10 Å². The van der Waals surface area contributed by atoms with Crippen LogP contribution >= 0.6 is 11.3 Å². The smallest absolute Gasteiger partial charge is 0.265 e. The number of aryl methyl sites for hydroxylation is 2. The predicted molar refractivity (Wildman–Crippen MR) is 94.3 cm³/mol. The highest BCUT2D eigenvalue weighted by atomic mass is 32.1. The van der Waals surface area contributed by atoms with Crippen LogP contribution < -0.4 is 5.32 Å². The SMILES string of the molecule is Cc1ccccc1Cn1nc(C)c(NC(=O)c2cccs2)c1C. The van der Waals surface area contributed by atoms with Gasteiger partial charge in [0.2, 0.25) is 0 Å². The predicted octanol–water partition coefficient (Wildman–Crippen LogP) is 4.17. The molecule has 5 heteroatoms. The zero-order valence-electron chi connectivity index (χ0n) is 13.5. The van der Waals surface area contributed by atoms with Gasteiger partial charge in [-0.1, -0.05) is 30.3 Å². The van der Waals surface area contributed by atoms with E-state index in [4.69, 9.17) is 0 Å². The Labute approximate surface area is 139 Å². The van der Waals surface area contributed by atoms with Crippen molar-refractivity contribution in [2.24, 2.45) is 0 Å². The first-order chi connectivity index (χ1) is 11.1. The second-order valence-corrected chi connectivity index (χ2v) is 6.51. The number of amides is 1. The molecule has 0 fully saturated rings. The highest BCUT2D eigenvalue weighted by Gasteiger charge is 2.16. The number of hydrogen-bond acceptors (Lipinski definition) is 3. The Balaban J connectivity index is 1.85. The van der Waals surface area contributed by atoms with E-state index in [1.54, 1.807) is 0 Å². The molecule has 0 unspecified atom stereocenters. The number of carbonyl (C=O) groups excluding carboxylic acids is 1. The molecule has 3 rings (SSSR count). The summed E-state index contributed by atoms with van der Waals surface area (Å²) < 4.78 is 1.95. The summed E-state index contributed by atoms with van der Waals surface area (Å²) in [4.78, 5) is 13.0. The minimum atomic E-state index is -0.0818. The van der Waals surface area contributed by atoms with Crippen molar-refractivity contribution in [1.29, 1.82) is 0 Å². The quantitative estimate of drug-likeness (QED) is 0.782. The van der Waals surface area contributed by atoms with Crippen molar-refractivity contribution >= 4 is 22.9 Å². The van der Waals surface area contributed by atoms with Crippen LogP contribution in [0.4, 0.5) is 5.69 Å². The molecule has 0 aliphatic rings. The summed E-state index contributed by atoms with van der Waals surface area (Å²) in [6, 6.07) is 12.0. The van der Waals surface area contributed by atoms with E-state index in [-0.39, 0.29) is 5.91 Å². The van der Waals surface area contributed by atoms with Crippen molar-refractivity contribution in [2.75, 3.05) is 5.32 Å². The fraction of sp³-hybridized carbons (Fsp3) is 0.222. The van der Waals surface area contributed by atoms with E-state index in [2.05, 4.69) is 29.5 Å². The Morgan fingerprint density at radius 1 is 1.17 bits per heavy atom. The van der Waals surface area contributed by atoms with Crippen LogP contribution in [0, 0.1) is 20.8 Å². The first-order valence-corrected chi connectivity index (χ1v) is 8.37. The molecule has 0 atom stereocenters. The molecule has 1 aromatic carbocycles. The van der Waals surface area contributed by atoms with Gasteiger partial charge < -0.3 is 5.32 Å². The molecule has 1 amide bonds. The van der Waals surface area contributed by atoms with Crippen LogP contribution in [0.2, 0.25) is 0 Å². The van der Waals surface area contributed by atoms with Gasteiger partial charge in [0.25, 0.3) is 5.91 Å². The summed E-state index contributed by atoms with van der Waals surface area (Å²) >= 11 is 1.43. The van der Waals surface area contributed by atoms with Gasteiger partial charge in [-0.05, 0) is 43.3 Å². The lowest BCUT2D eigenvalue weighted by Crippen LogP contribution is -2.12. The highest BCUT2D eigenvalue weighted by molar-refractivity contribution is 7.12. The summed E-state index contributed by atoms with van der Waals surface area (Å²) in [5.41, 5.74) is 5.08. The largest absolute Gasteiger partial charge is 0.318 e. The van der Waals surface area contributed by atoms with Crippen LogP contribution in [-0.2, 0) is 6.54 Å². The van der Waals surface area contributed by atoms with Gasteiger partial charge in [-0.15, -0.1) is 11.3 Å². The topological polar surface area (TPSA) is 46.9 Å². The first kappa shape index (κ1) is 15.5. The second kappa shape index (κ2) is 6.38. The van der Waals surface area contributed by atoms with E-state index < -0.39 is 0 Å². The number of carbonyl (C=O) groups is 1. The minimum absolute atomic E-state index is 0.0818. The van der Waals surface area contributed by atoms with E-state index in [0.29, 0.717) is 11.4 Å². The molecule has 1 N–H and O–H groups in total. The summed E-state index contributed by atoms with van der Waals surface area (Å²) in [6.45, 7) is 6.71. The number of rotatable bonds is 4. The molecular formula is C18H19N3OS. The summed E-state index contributed by atoms with van der Waals surface area (Å²) in [5.74, 6) is -0.0818. The highest BCUT2D eigenvalue weighted by Crippen LogP contribution is 2.22. The molecule has 118 valence electrons. The molecule has 2 heterocycles. The van der Waals surface area contributed by atoms with Crippen molar-refractivity contribution in [2.45, 2.75) is 27.3 Å². The normalized spacial score (nSPS) is 10.7. The third-order valence-corrected chi connectivity index (χ3v) is 4.81. The molecule has 3 aromatic rings. The zero-order valence-corrected chi connectivity index (χ0v) is 14.3. The monoisotopic (exact) mass is 325 g/mol. The first-order valence-electron chi connectivity index (χ1n) is 7.49. The van der Waals surface area contributed by atoms with E-state index in [1.165, 1.54) is 22.5 Å². The lowest BCUT2D eigenvalue weighted by molar-refractivity contribution is 0.103. The molecule has 0 saturated heterocycles. The third kappa shape index (κ3) is 3.19. The molecule has 23 heavy (non-hydrogen) atoms. The van der Waals surface area contributed by atoms with Crippen LogP contribution in [0.3, 0.4) is 0 Å². The Hall–Kier alpha value is -2.40. The third-order valence-electron chi connectivity index (χ3n) is 3.95. The maximum absolute atomic E-state index is 12.3. The number of nitrogens with zero attached hydrogens (tertiary/aromatic N) is 2. The molecule has 0 bridgehead atoms. The molecule has 0 saturated carbocycles. The summed E-state index contributed by atoms with van der Waals surface area (Å²) in [6.07, 6.45) is 0. The maximum Gasteiger partial charge on any atom is 0.265 e. The fourth-order valence-corrected chi connectivity index (χ4v) is 3.18. The van der Waals surface area contributed by atoms with Gasteiger partial charge in [0.15, 0.2) is 0 Å². The van der Waals surface area contributed by atoms with Gasteiger partial charge in [-0.3, -0.25) is 9.48 Å². The van der Waals surface area contributed by atoms with Crippen LogP contribution in [0.1, 0.15) is 32.2 Å².